The van der Waals surface area contributed by atoms with E-state index in [1.807, 2.05) is 0 Å². The van der Waals surface area contributed by atoms with Crippen molar-refractivity contribution in [3.8, 4) is 0 Å². The highest BCUT2D eigenvalue weighted by Crippen LogP contribution is 2.07. The molecular weight excluding hydrogens is 172 g/mol. The van der Waals surface area contributed by atoms with E-state index in [4.69, 9.17) is 4.74 Å². The maximum atomic E-state index is 5.69. The van der Waals surface area contributed by atoms with Crippen molar-refractivity contribution in [2.75, 3.05) is 6.61 Å². The first kappa shape index (κ1) is 14.0. The number of hydrogen-bond donors (Lipinski definition) is 0. The molecule has 0 aliphatic carbocycles. The average molecular weight is 200 g/mol. The Bertz CT molecular complexity index is 101. The van der Waals surface area contributed by atoms with Crippen molar-refractivity contribution in [2.24, 2.45) is 0 Å². The molecule has 14 heavy (non-hydrogen) atoms. The Morgan fingerprint density at radius 3 is 2.14 bits per heavy atom. The summed E-state index contributed by atoms with van der Waals surface area (Å²) in [6.07, 6.45) is 11.0. The van der Waals surface area contributed by atoms with Gasteiger partial charge in [0.05, 0.1) is 6.10 Å². The fourth-order valence-corrected chi connectivity index (χ4v) is 1.66. The Balaban J connectivity index is 2.98. The SMILES string of the molecule is CCCCCCCCO[C@H](C)CCC. The first-order chi connectivity index (χ1) is 6.81. The van der Waals surface area contributed by atoms with Crippen molar-refractivity contribution in [3.05, 3.63) is 0 Å². The van der Waals surface area contributed by atoms with Gasteiger partial charge in [0.15, 0.2) is 0 Å². The van der Waals surface area contributed by atoms with Crippen molar-refractivity contribution in [1.29, 1.82) is 0 Å². The van der Waals surface area contributed by atoms with Gasteiger partial charge in [-0.1, -0.05) is 52.4 Å². The maximum Gasteiger partial charge on any atom is 0.0546 e. The Labute approximate surface area is 90.2 Å². The molecule has 0 radical (unpaired) electrons. The molecule has 1 heteroatoms. The molecule has 0 unspecified atom stereocenters. The first-order valence-electron chi connectivity index (χ1n) is 6.42. The molecule has 0 amide bonds. The summed E-state index contributed by atoms with van der Waals surface area (Å²) in [5, 5.41) is 0. The smallest absolute Gasteiger partial charge is 0.0546 e. The molecule has 0 aromatic carbocycles. The number of ether oxygens (including phenoxy) is 1. The van der Waals surface area contributed by atoms with Gasteiger partial charge in [-0.25, -0.2) is 0 Å². The second-order valence-corrected chi connectivity index (χ2v) is 4.24. The highest BCUT2D eigenvalue weighted by Gasteiger charge is 1.99. The third kappa shape index (κ3) is 10.0. The van der Waals surface area contributed by atoms with E-state index >= 15 is 0 Å². The van der Waals surface area contributed by atoms with Crippen molar-refractivity contribution in [1.82, 2.24) is 0 Å². The minimum absolute atomic E-state index is 0.468. The Morgan fingerprint density at radius 2 is 1.50 bits per heavy atom. The molecule has 0 rings (SSSR count). The molecule has 0 fully saturated rings. The fraction of sp³-hybridized carbons (Fsp3) is 1.00. The summed E-state index contributed by atoms with van der Waals surface area (Å²) in [6, 6.07) is 0. The van der Waals surface area contributed by atoms with E-state index in [-0.39, 0.29) is 0 Å². The molecule has 0 aromatic rings. The first-order valence-corrected chi connectivity index (χ1v) is 6.42. The Kier molecular flexibility index (Phi) is 11.0. The topological polar surface area (TPSA) is 9.23 Å². The molecule has 0 saturated heterocycles. The number of rotatable bonds is 10. The lowest BCUT2D eigenvalue weighted by Gasteiger charge is -2.11. The monoisotopic (exact) mass is 200 g/mol. The number of unbranched alkanes of at least 4 members (excludes halogenated alkanes) is 5. The van der Waals surface area contributed by atoms with Gasteiger partial charge in [-0.3, -0.25) is 0 Å². The largest absolute Gasteiger partial charge is 0.379 e. The molecule has 0 N–H and O–H groups in total. The van der Waals surface area contributed by atoms with Crippen LogP contribution in [0.1, 0.15) is 72.1 Å². The van der Waals surface area contributed by atoms with Gasteiger partial charge in [0.25, 0.3) is 0 Å². The van der Waals surface area contributed by atoms with Gasteiger partial charge in [0.1, 0.15) is 0 Å². The van der Waals surface area contributed by atoms with E-state index in [9.17, 15) is 0 Å². The molecule has 1 atom stereocenters. The van der Waals surface area contributed by atoms with Crippen LogP contribution >= 0.6 is 0 Å². The normalized spacial score (nSPS) is 13.1. The summed E-state index contributed by atoms with van der Waals surface area (Å²) in [5.41, 5.74) is 0. The summed E-state index contributed by atoms with van der Waals surface area (Å²) in [4.78, 5) is 0. The van der Waals surface area contributed by atoms with E-state index in [0.717, 1.165) is 6.61 Å². The van der Waals surface area contributed by atoms with Gasteiger partial charge in [-0.15, -0.1) is 0 Å². The highest BCUT2D eigenvalue weighted by molar-refractivity contribution is 4.49. The molecular formula is C13H28O. The van der Waals surface area contributed by atoms with Crippen LogP contribution in [-0.2, 0) is 4.74 Å². The third-order valence-corrected chi connectivity index (χ3v) is 2.60. The van der Waals surface area contributed by atoms with Crippen LogP contribution in [0.4, 0.5) is 0 Å². The van der Waals surface area contributed by atoms with Gasteiger partial charge >= 0.3 is 0 Å². The van der Waals surface area contributed by atoms with Crippen LogP contribution in [0.3, 0.4) is 0 Å². The predicted octanol–water partition coefficient (Wildman–Crippen LogP) is 4.55. The lowest BCUT2D eigenvalue weighted by molar-refractivity contribution is 0.0570. The molecule has 0 spiro atoms. The van der Waals surface area contributed by atoms with Crippen molar-refractivity contribution < 1.29 is 4.74 Å². The van der Waals surface area contributed by atoms with Crippen LogP contribution < -0.4 is 0 Å². The standard InChI is InChI=1S/C13H28O/c1-4-6-7-8-9-10-12-14-13(3)11-5-2/h13H,4-12H2,1-3H3/t13-/m1/s1. The van der Waals surface area contributed by atoms with E-state index in [1.54, 1.807) is 0 Å². The van der Waals surface area contributed by atoms with Crippen molar-refractivity contribution in [2.45, 2.75) is 78.2 Å². The Morgan fingerprint density at radius 1 is 0.857 bits per heavy atom. The third-order valence-electron chi connectivity index (χ3n) is 2.60. The molecule has 0 saturated carbocycles. The quantitative estimate of drug-likeness (QED) is 0.470. The van der Waals surface area contributed by atoms with Crippen molar-refractivity contribution >= 4 is 0 Å². The van der Waals surface area contributed by atoms with Gasteiger partial charge < -0.3 is 4.74 Å². The van der Waals surface area contributed by atoms with Gasteiger partial charge in [0, 0.05) is 6.61 Å². The zero-order valence-electron chi connectivity index (χ0n) is 10.3. The minimum Gasteiger partial charge on any atom is -0.379 e. The lowest BCUT2D eigenvalue weighted by atomic mass is 10.1. The summed E-state index contributed by atoms with van der Waals surface area (Å²) >= 11 is 0. The fourth-order valence-electron chi connectivity index (χ4n) is 1.66. The molecule has 0 aliphatic rings. The summed E-state index contributed by atoms with van der Waals surface area (Å²) in [7, 11) is 0. The van der Waals surface area contributed by atoms with Crippen molar-refractivity contribution in [3.63, 3.8) is 0 Å². The van der Waals surface area contributed by atoms with Gasteiger partial charge in [0.2, 0.25) is 0 Å². The molecule has 0 bridgehead atoms. The minimum atomic E-state index is 0.468. The van der Waals surface area contributed by atoms with E-state index < -0.39 is 0 Å². The van der Waals surface area contributed by atoms with Crippen LogP contribution in [0.2, 0.25) is 0 Å². The highest BCUT2D eigenvalue weighted by atomic mass is 16.5. The molecule has 86 valence electrons. The van der Waals surface area contributed by atoms with E-state index in [2.05, 4.69) is 20.8 Å². The van der Waals surface area contributed by atoms with Crippen LogP contribution in [0.25, 0.3) is 0 Å². The summed E-state index contributed by atoms with van der Waals surface area (Å²) in [5.74, 6) is 0. The number of hydrogen-bond acceptors (Lipinski definition) is 1. The summed E-state index contributed by atoms with van der Waals surface area (Å²) in [6.45, 7) is 7.62. The van der Waals surface area contributed by atoms with Gasteiger partial charge in [-0.2, -0.15) is 0 Å². The zero-order valence-corrected chi connectivity index (χ0v) is 10.3. The lowest BCUT2D eigenvalue weighted by Crippen LogP contribution is -2.08. The molecule has 1 nitrogen and oxygen atoms in total. The van der Waals surface area contributed by atoms with E-state index in [0.29, 0.717) is 6.10 Å². The van der Waals surface area contributed by atoms with Crippen LogP contribution in [-0.4, -0.2) is 12.7 Å². The second kappa shape index (κ2) is 11.0. The van der Waals surface area contributed by atoms with Crippen LogP contribution in [0.5, 0.6) is 0 Å². The molecule has 0 aliphatic heterocycles. The van der Waals surface area contributed by atoms with Crippen LogP contribution in [0.15, 0.2) is 0 Å². The second-order valence-electron chi connectivity index (χ2n) is 4.24. The van der Waals surface area contributed by atoms with Crippen LogP contribution in [0, 0.1) is 0 Å². The Hall–Kier alpha value is -0.0400. The average Bonchev–Trinajstić information content (AvgIpc) is 2.17. The predicted molar refractivity (Wildman–Crippen MR) is 63.7 cm³/mol. The summed E-state index contributed by atoms with van der Waals surface area (Å²) < 4.78 is 5.69. The zero-order chi connectivity index (χ0) is 10.6. The van der Waals surface area contributed by atoms with E-state index in [1.165, 1.54) is 51.4 Å². The van der Waals surface area contributed by atoms with Gasteiger partial charge in [-0.05, 0) is 19.8 Å². The molecule has 0 aromatic heterocycles. The molecule has 0 heterocycles. The maximum absolute atomic E-state index is 5.69.